The Kier molecular flexibility index (Phi) is 4.35. The molecular formula is C13H16N2OS2. The third-order valence-electron chi connectivity index (χ3n) is 2.62. The van der Waals surface area contributed by atoms with Gasteiger partial charge in [-0.15, -0.1) is 0 Å². The van der Waals surface area contributed by atoms with Crippen molar-refractivity contribution in [3.8, 4) is 0 Å². The van der Waals surface area contributed by atoms with E-state index >= 15 is 0 Å². The number of para-hydroxylation sites is 1. The first-order valence-electron chi connectivity index (χ1n) is 5.75. The zero-order chi connectivity index (χ0) is 13.1. The molecule has 3 nitrogen and oxygen atoms in total. The number of aliphatic imine (C=N–C) groups is 1. The Morgan fingerprint density at radius 2 is 2.17 bits per heavy atom. The van der Waals surface area contributed by atoms with E-state index in [1.807, 2.05) is 25.1 Å². The molecule has 2 rings (SSSR count). The summed E-state index contributed by atoms with van der Waals surface area (Å²) >= 11 is 3.25. The highest BCUT2D eigenvalue weighted by Crippen LogP contribution is 2.35. The number of carbonyl (C=O) groups excluding carboxylic acids is 1. The van der Waals surface area contributed by atoms with E-state index in [0.717, 1.165) is 15.8 Å². The summed E-state index contributed by atoms with van der Waals surface area (Å²) in [5.74, 6) is 1.06. The summed E-state index contributed by atoms with van der Waals surface area (Å²) in [4.78, 5) is 18.0. The van der Waals surface area contributed by atoms with Gasteiger partial charge in [0.2, 0.25) is 5.91 Å². The number of fused-ring (bicyclic) bond motifs is 1. The van der Waals surface area contributed by atoms with E-state index < -0.39 is 0 Å². The summed E-state index contributed by atoms with van der Waals surface area (Å²) < 4.78 is 0.983. The minimum atomic E-state index is -0.0866. The number of thioether (sulfide) groups is 2. The summed E-state index contributed by atoms with van der Waals surface area (Å²) in [7, 11) is 3.56. The van der Waals surface area contributed by atoms with Gasteiger partial charge in [0, 0.05) is 19.8 Å². The van der Waals surface area contributed by atoms with E-state index in [0.29, 0.717) is 0 Å². The fourth-order valence-corrected chi connectivity index (χ4v) is 3.97. The number of hydrogen-bond acceptors (Lipinski definition) is 4. The molecule has 1 amide bonds. The maximum absolute atomic E-state index is 11.8. The molecule has 18 heavy (non-hydrogen) atoms. The van der Waals surface area contributed by atoms with Gasteiger partial charge >= 0.3 is 0 Å². The van der Waals surface area contributed by atoms with Gasteiger partial charge < -0.3 is 4.90 Å². The van der Waals surface area contributed by atoms with Gasteiger partial charge in [0.25, 0.3) is 0 Å². The predicted molar refractivity (Wildman–Crippen MR) is 80.6 cm³/mol. The zero-order valence-corrected chi connectivity index (χ0v) is 12.3. The lowest BCUT2D eigenvalue weighted by Crippen LogP contribution is -2.30. The molecule has 0 radical (unpaired) electrons. The van der Waals surface area contributed by atoms with Crippen molar-refractivity contribution in [2.45, 2.75) is 17.9 Å². The van der Waals surface area contributed by atoms with Crippen LogP contribution >= 0.6 is 23.5 Å². The van der Waals surface area contributed by atoms with Crippen molar-refractivity contribution < 1.29 is 4.79 Å². The van der Waals surface area contributed by atoms with Crippen LogP contribution in [-0.4, -0.2) is 34.5 Å². The van der Waals surface area contributed by atoms with Gasteiger partial charge in [0.1, 0.15) is 4.38 Å². The topological polar surface area (TPSA) is 32.7 Å². The number of amides is 1. The van der Waals surface area contributed by atoms with Crippen LogP contribution in [0.4, 0.5) is 5.69 Å². The van der Waals surface area contributed by atoms with Crippen molar-refractivity contribution in [1.82, 2.24) is 4.90 Å². The Morgan fingerprint density at radius 3 is 2.89 bits per heavy atom. The van der Waals surface area contributed by atoms with Crippen LogP contribution in [-0.2, 0) is 10.5 Å². The van der Waals surface area contributed by atoms with Crippen LogP contribution in [0.25, 0.3) is 0 Å². The molecule has 1 aromatic rings. The molecular weight excluding hydrogens is 264 g/mol. The number of hydrogen-bond donors (Lipinski definition) is 0. The highest BCUT2D eigenvalue weighted by molar-refractivity contribution is 8.39. The van der Waals surface area contributed by atoms with E-state index in [-0.39, 0.29) is 11.2 Å². The molecule has 0 fully saturated rings. The number of carbonyl (C=O) groups is 1. The van der Waals surface area contributed by atoms with Gasteiger partial charge in [-0.3, -0.25) is 4.79 Å². The molecule has 1 aromatic carbocycles. The first-order valence-corrected chi connectivity index (χ1v) is 7.61. The lowest BCUT2D eigenvalue weighted by atomic mass is 10.2. The van der Waals surface area contributed by atoms with Gasteiger partial charge in [0.15, 0.2) is 0 Å². The lowest BCUT2D eigenvalue weighted by molar-refractivity contribution is -0.127. The van der Waals surface area contributed by atoms with Gasteiger partial charge in [-0.05, 0) is 18.6 Å². The summed E-state index contributed by atoms with van der Waals surface area (Å²) in [5, 5.41) is -0.0866. The normalized spacial score (nSPS) is 15.6. The van der Waals surface area contributed by atoms with Gasteiger partial charge in [-0.2, -0.15) is 0 Å². The molecule has 1 aliphatic heterocycles. The quantitative estimate of drug-likeness (QED) is 0.834. The van der Waals surface area contributed by atoms with Crippen molar-refractivity contribution >= 4 is 39.5 Å². The Hall–Kier alpha value is -0.940. The van der Waals surface area contributed by atoms with Crippen LogP contribution in [0.15, 0.2) is 29.3 Å². The summed E-state index contributed by atoms with van der Waals surface area (Å²) in [6, 6.07) is 8.15. The number of nitrogens with zero attached hydrogens (tertiary/aromatic N) is 2. The molecule has 0 spiro atoms. The zero-order valence-electron chi connectivity index (χ0n) is 10.7. The van der Waals surface area contributed by atoms with Crippen LogP contribution in [0, 0.1) is 0 Å². The van der Waals surface area contributed by atoms with Gasteiger partial charge in [-0.25, -0.2) is 4.99 Å². The molecule has 1 atom stereocenters. The average Bonchev–Trinajstić information content (AvgIpc) is 2.37. The smallest absolute Gasteiger partial charge is 0.235 e. The summed E-state index contributed by atoms with van der Waals surface area (Å²) in [6.07, 6.45) is 0. The highest BCUT2D eigenvalue weighted by atomic mass is 32.2. The monoisotopic (exact) mass is 280 g/mol. The average molecular weight is 280 g/mol. The second-order valence-electron chi connectivity index (χ2n) is 4.29. The third kappa shape index (κ3) is 3.09. The second-order valence-corrected chi connectivity index (χ2v) is 6.84. The van der Waals surface area contributed by atoms with Crippen molar-refractivity contribution in [2.75, 3.05) is 14.1 Å². The van der Waals surface area contributed by atoms with Gasteiger partial charge in [0.05, 0.1) is 10.9 Å². The number of rotatable bonds is 2. The second kappa shape index (κ2) is 5.80. The molecule has 5 heteroatoms. The molecule has 0 bridgehead atoms. The maximum atomic E-state index is 11.8. The Labute approximate surface area is 116 Å². The van der Waals surface area contributed by atoms with E-state index in [1.54, 1.807) is 42.5 Å². The van der Waals surface area contributed by atoms with Crippen molar-refractivity contribution in [3.05, 3.63) is 29.8 Å². The number of benzene rings is 1. The minimum absolute atomic E-state index is 0.0866. The predicted octanol–water partition coefficient (Wildman–Crippen LogP) is 3.13. The van der Waals surface area contributed by atoms with E-state index in [2.05, 4.69) is 11.1 Å². The van der Waals surface area contributed by atoms with Crippen molar-refractivity contribution in [3.63, 3.8) is 0 Å². The Balaban J connectivity index is 2.08. The summed E-state index contributed by atoms with van der Waals surface area (Å²) in [5.41, 5.74) is 2.29. The van der Waals surface area contributed by atoms with E-state index in [9.17, 15) is 4.79 Å². The molecule has 0 saturated carbocycles. The maximum Gasteiger partial charge on any atom is 0.235 e. The molecule has 0 saturated heterocycles. The van der Waals surface area contributed by atoms with Crippen molar-refractivity contribution in [1.29, 1.82) is 0 Å². The first kappa shape index (κ1) is 13.5. The van der Waals surface area contributed by atoms with Gasteiger partial charge in [-0.1, -0.05) is 41.7 Å². The largest absolute Gasteiger partial charge is 0.348 e. The van der Waals surface area contributed by atoms with E-state index in [4.69, 9.17) is 0 Å². The van der Waals surface area contributed by atoms with Crippen LogP contribution in [0.3, 0.4) is 0 Å². The molecule has 1 aliphatic rings. The molecule has 0 aliphatic carbocycles. The Bertz CT molecular complexity index is 486. The molecule has 0 aromatic heterocycles. The van der Waals surface area contributed by atoms with Crippen LogP contribution in [0.2, 0.25) is 0 Å². The lowest BCUT2D eigenvalue weighted by Gasteiger charge is -2.19. The minimum Gasteiger partial charge on any atom is -0.348 e. The summed E-state index contributed by atoms with van der Waals surface area (Å²) in [6.45, 7) is 1.93. The molecule has 1 unspecified atom stereocenters. The molecule has 96 valence electrons. The standard InChI is InChI=1S/C13H16N2OS2/c1-9(12(16)15(2)3)18-13-14-11-7-5-4-6-10(11)8-17-13/h4-7,9H,8H2,1-3H3. The van der Waals surface area contributed by atoms with Crippen LogP contribution in [0.5, 0.6) is 0 Å². The van der Waals surface area contributed by atoms with Crippen LogP contribution < -0.4 is 0 Å². The van der Waals surface area contributed by atoms with Crippen LogP contribution in [0.1, 0.15) is 12.5 Å². The van der Waals surface area contributed by atoms with E-state index in [1.165, 1.54) is 5.56 Å². The molecule has 1 heterocycles. The fourth-order valence-electron chi connectivity index (χ4n) is 1.64. The van der Waals surface area contributed by atoms with Crippen molar-refractivity contribution in [2.24, 2.45) is 4.99 Å². The highest BCUT2D eigenvalue weighted by Gasteiger charge is 2.20. The SMILES string of the molecule is CC(SC1=Nc2ccccc2CS1)C(=O)N(C)C. The fraction of sp³-hybridized carbons (Fsp3) is 0.385. The molecule has 0 N–H and O–H groups in total. The Morgan fingerprint density at radius 1 is 1.44 bits per heavy atom. The third-order valence-corrected chi connectivity index (χ3v) is 4.90. The first-order chi connectivity index (χ1) is 8.58.